The van der Waals surface area contributed by atoms with Crippen LogP contribution in [0.3, 0.4) is 0 Å². The van der Waals surface area contributed by atoms with Crippen molar-refractivity contribution in [1.82, 2.24) is 19.9 Å². The lowest BCUT2D eigenvalue weighted by atomic mass is 10.1. The van der Waals surface area contributed by atoms with Gasteiger partial charge in [-0.05, 0) is 54.1 Å². The molecular formula is C25H28N4O3. The first-order chi connectivity index (χ1) is 15.8. The van der Waals surface area contributed by atoms with Gasteiger partial charge in [-0.1, -0.05) is 18.2 Å². The Morgan fingerprint density at radius 2 is 1.59 bits per heavy atom. The maximum absolute atomic E-state index is 5.77. The van der Waals surface area contributed by atoms with Gasteiger partial charge in [0.15, 0.2) is 11.5 Å². The van der Waals surface area contributed by atoms with E-state index in [2.05, 4.69) is 17.4 Å². The van der Waals surface area contributed by atoms with Gasteiger partial charge in [0.25, 0.3) is 0 Å². The minimum absolute atomic E-state index is 0.616. The van der Waals surface area contributed by atoms with E-state index in [4.69, 9.17) is 24.3 Å². The Hall–Kier alpha value is -3.42. The van der Waals surface area contributed by atoms with Crippen molar-refractivity contribution >= 4 is 5.65 Å². The lowest BCUT2D eigenvalue weighted by molar-refractivity contribution is 0.197. The molecule has 4 aromatic rings. The number of fused-ring (bicyclic) bond motifs is 1. The number of pyridine rings is 1. The number of ether oxygens (including phenoxy) is 3. The van der Waals surface area contributed by atoms with Crippen LogP contribution in [0.5, 0.6) is 11.5 Å². The normalized spacial score (nSPS) is 11.1. The lowest BCUT2D eigenvalue weighted by Gasteiger charge is -2.08. The molecule has 0 saturated heterocycles. The average molecular weight is 433 g/mol. The van der Waals surface area contributed by atoms with Crippen molar-refractivity contribution in [3.8, 4) is 22.8 Å². The van der Waals surface area contributed by atoms with Crippen molar-refractivity contribution in [2.24, 2.45) is 0 Å². The zero-order valence-electron chi connectivity index (χ0n) is 18.5. The van der Waals surface area contributed by atoms with Gasteiger partial charge in [-0.25, -0.2) is 9.50 Å². The molecule has 0 aliphatic rings. The van der Waals surface area contributed by atoms with E-state index in [9.17, 15) is 0 Å². The van der Waals surface area contributed by atoms with Crippen LogP contribution in [0, 0.1) is 0 Å². The van der Waals surface area contributed by atoms with Crippen LogP contribution in [-0.4, -0.2) is 55.1 Å². The molecule has 0 aliphatic heterocycles. The number of hydrogen-bond acceptors (Lipinski definition) is 6. The van der Waals surface area contributed by atoms with Crippen LogP contribution < -0.4 is 14.8 Å². The highest BCUT2D eigenvalue weighted by Gasteiger charge is 2.10. The summed E-state index contributed by atoms with van der Waals surface area (Å²) in [6.45, 7) is 2.93. The Labute approximate surface area is 188 Å². The molecule has 0 fully saturated rings. The highest BCUT2D eigenvalue weighted by Crippen LogP contribution is 2.23. The Kier molecular flexibility index (Phi) is 7.32. The molecule has 0 saturated carbocycles. The Morgan fingerprint density at radius 1 is 0.844 bits per heavy atom. The molecule has 2 heterocycles. The molecule has 0 spiro atoms. The summed E-state index contributed by atoms with van der Waals surface area (Å²) in [5.41, 5.74) is 4.02. The molecule has 32 heavy (non-hydrogen) atoms. The third-order valence-electron chi connectivity index (χ3n) is 5.11. The van der Waals surface area contributed by atoms with E-state index >= 15 is 0 Å². The highest BCUT2D eigenvalue weighted by molar-refractivity contribution is 5.63. The molecular weight excluding hydrogens is 404 g/mol. The van der Waals surface area contributed by atoms with Crippen LogP contribution in [0.15, 0.2) is 66.7 Å². The second kappa shape index (κ2) is 10.7. The van der Waals surface area contributed by atoms with Crippen molar-refractivity contribution in [1.29, 1.82) is 0 Å². The van der Waals surface area contributed by atoms with Crippen LogP contribution >= 0.6 is 0 Å². The quantitative estimate of drug-likeness (QED) is 0.365. The molecule has 1 N–H and O–H groups in total. The second-order valence-corrected chi connectivity index (χ2v) is 7.35. The summed E-state index contributed by atoms with van der Waals surface area (Å²) >= 11 is 0. The van der Waals surface area contributed by atoms with E-state index in [-0.39, 0.29) is 0 Å². The fourth-order valence-corrected chi connectivity index (χ4v) is 3.43. The Bertz CT molecular complexity index is 1120. The third-order valence-corrected chi connectivity index (χ3v) is 5.11. The van der Waals surface area contributed by atoms with E-state index < -0.39 is 0 Å². The second-order valence-electron chi connectivity index (χ2n) is 7.35. The molecule has 4 rings (SSSR count). The van der Waals surface area contributed by atoms with Gasteiger partial charge in [-0.15, -0.1) is 0 Å². The molecule has 7 heteroatoms. The molecule has 7 nitrogen and oxygen atoms in total. The minimum atomic E-state index is 0.616. The molecule has 0 unspecified atom stereocenters. The summed E-state index contributed by atoms with van der Waals surface area (Å²) in [6.07, 6.45) is 0.655. The number of hydrogen-bond donors (Lipinski definition) is 1. The smallest absolute Gasteiger partial charge is 0.156 e. The summed E-state index contributed by atoms with van der Waals surface area (Å²) in [6, 6.07) is 22.1. The largest absolute Gasteiger partial charge is 0.497 e. The van der Waals surface area contributed by atoms with Crippen LogP contribution in [0.2, 0.25) is 0 Å². The predicted molar refractivity (Wildman–Crippen MR) is 124 cm³/mol. The number of nitrogens with one attached hydrogen (secondary N) is 1. The van der Waals surface area contributed by atoms with E-state index in [1.807, 2.05) is 59.1 Å². The van der Waals surface area contributed by atoms with Gasteiger partial charge in [-0.3, -0.25) is 0 Å². The van der Waals surface area contributed by atoms with Gasteiger partial charge in [-0.2, -0.15) is 5.10 Å². The van der Waals surface area contributed by atoms with Crippen molar-refractivity contribution in [2.45, 2.75) is 6.42 Å². The maximum atomic E-state index is 5.77. The van der Waals surface area contributed by atoms with Crippen LogP contribution in [0.25, 0.3) is 16.9 Å². The van der Waals surface area contributed by atoms with Gasteiger partial charge in [0, 0.05) is 32.2 Å². The first-order valence-corrected chi connectivity index (χ1v) is 10.7. The molecule has 0 radical (unpaired) electrons. The van der Waals surface area contributed by atoms with Crippen molar-refractivity contribution in [2.75, 3.05) is 40.5 Å². The van der Waals surface area contributed by atoms with Crippen LogP contribution in [0.4, 0.5) is 0 Å². The standard InChI is InChI=1S/C25H28N4O3/c1-30-16-14-26-15-17-32-22-10-6-19(7-11-22)18-24-27-25-5-3-4-23(29(25)28-24)20-8-12-21(31-2)13-9-20/h3-13,26H,14-18H2,1-2H3. The van der Waals surface area contributed by atoms with Crippen LogP contribution in [-0.2, 0) is 11.2 Å². The first-order valence-electron chi connectivity index (χ1n) is 10.7. The van der Waals surface area contributed by atoms with E-state index in [0.29, 0.717) is 19.6 Å². The molecule has 0 atom stereocenters. The fourth-order valence-electron chi connectivity index (χ4n) is 3.43. The Balaban J connectivity index is 1.41. The van der Waals surface area contributed by atoms with Gasteiger partial charge in [0.1, 0.15) is 18.1 Å². The van der Waals surface area contributed by atoms with Crippen molar-refractivity contribution < 1.29 is 14.2 Å². The first kappa shape index (κ1) is 21.8. The molecule has 166 valence electrons. The van der Waals surface area contributed by atoms with E-state index in [0.717, 1.165) is 52.9 Å². The summed E-state index contributed by atoms with van der Waals surface area (Å²) in [5.74, 6) is 2.46. The van der Waals surface area contributed by atoms with Gasteiger partial charge in [0.2, 0.25) is 0 Å². The Morgan fingerprint density at radius 3 is 2.34 bits per heavy atom. The molecule has 2 aromatic heterocycles. The van der Waals surface area contributed by atoms with Crippen LogP contribution in [0.1, 0.15) is 11.4 Å². The SMILES string of the molecule is COCCNCCOc1ccc(Cc2nc3cccc(-c4ccc(OC)cc4)n3n2)cc1. The van der Waals surface area contributed by atoms with Gasteiger partial charge >= 0.3 is 0 Å². The van der Waals surface area contributed by atoms with Crippen molar-refractivity contribution in [3.05, 3.63) is 78.1 Å². The van der Waals surface area contributed by atoms with Crippen molar-refractivity contribution in [3.63, 3.8) is 0 Å². The monoisotopic (exact) mass is 432 g/mol. The summed E-state index contributed by atoms with van der Waals surface area (Å²) in [5, 5.41) is 8.02. The topological polar surface area (TPSA) is 69.9 Å². The molecule has 2 aromatic carbocycles. The zero-order valence-corrected chi connectivity index (χ0v) is 18.5. The lowest BCUT2D eigenvalue weighted by Crippen LogP contribution is -2.24. The number of rotatable bonds is 11. The fraction of sp³-hybridized carbons (Fsp3) is 0.280. The summed E-state index contributed by atoms with van der Waals surface area (Å²) in [4.78, 5) is 4.71. The molecule has 0 aliphatic carbocycles. The number of aromatic nitrogens is 3. The van der Waals surface area contributed by atoms with Gasteiger partial charge in [0.05, 0.1) is 19.4 Å². The minimum Gasteiger partial charge on any atom is -0.497 e. The predicted octanol–water partition coefficient (Wildman–Crippen LogP) is 3.61. The number of methoxy groups -OCH3 is 2. The number of benzene rings is 2. The van der Waals surface area contributed by atoms with E-state index in [1.54, 1.807) is 14.2 Å². The third kappa shape index (κ3) is 5.43. The summed E-state index contributed by atoms with van der Waals surface area (Å²) < 4.78 is 17.9. The molecule has 0 bridgehead atoms. The zero-order chi connectivity index (χ0) is 22.2. The number of nitrogens with zero attached hydrogens (tertiary/aromatic N) is 3. The molecule has 0 amide bonds. The average Bonchev–Trinajstić information content (AvgIpc) is 3.25. The van der Waals surface area contributed by atoms with E-state index in [1.165, 1.54) is 0 Å². The summed E-state index contributed by atoms with van der Waals surface area (Å²) in [7, 11) is 3.36. The highest BCUT2D eigenvalue weighted by atomic mass is 16.5. The van der Waals surface area contributed by atoms with Gasteiger partial charge < -0.3 is 19.5 Å². The maximum Gasteiger partial charge on any atom is 0.156 e.